The highest BCUT2D eigenvalue weighted by Crippen LogP contribution is 2.02. The molecular formula is C7H10BNO2. The minimum Gasteiger partial charge on any atom is -0.423 e. The molecule has 0 spiro atoms. The van der Waals surface area contributed by atoms with Crippen molar-refractivity contribution in [1.82, 2.24) is 0 Å². The number of rotatable bonds is 1. The second-order valence-corrected chi connectivity index (χ2v) is 2.55. The molecule has 0 aromatic heterocycles. The number of hydrogen-bond donors (Lipinski definition) is 3. The average molecular weight is 151 g/mol. The Morgan fingerprint density at radius 2 is 1.91 bits per heavy atom. The van der Waals surface area contributed by atoms with E-state index in [0.717, 1.165) is 5.56 Å². The van der Waals surface area contributed by atoms with Gasteiger partial charge in [0.25, 0.3) is 0 Å². The molecule has 0 fully saturated rings. The van der Waals surface area contributed by atoms with Gasteiger partial charge in [-0.1, -0.05) is 6.07 Å². The minimum atomic E-state index is -1.43. The Labute approximate surface area is 65.6 Å². The van der Waals surface area contributed by atoms with E-state index in [1.54, 1.807) is 12.1 Å². The number of nitrogens with two attached hydrogens (primary N) is 1. The Hall–Kier alpha value is -0.995. The smallest absolute Gasteiger partial charge is 0.423 e. The van der Waals surface area contributed by atoms with Crippen molar-refractivity contribution in [3.63, 3.8) is 0 Å². The van der Waals surface area contributed by atoms with Crippen LogP contribution in [0.1, 0.15) is 5.56 Å². The maximum Gasteiger partial charge on any atom is 0.488 e. The predicted octanol–water partition coefficient (Wildman–Crippen LogP) is -0.743. The summed E-state index contributed by atoms with van der Waals surface area (Å²) in [5.41, 5.74) is 7.38. The normalized spacial score (nSPS) is 9.73. The van der Waals surface area contributed by atoms with Crippen LogP contribution in [0.2, 0.25) is 0 Å². The topological polar surface area (TPSA) is 66.5 Å². The van der Waals surface area contributed by atoms with E-state index in [1.807, 2.05) is 6.92 Å². The van der Waals surface area contributed by atoms with Crippen LogP contribution >= 0.6 is 0 Å². The summed E-state index contributed by atoms with van der Waals surface area (Å²) >= 11 is 0. The van der Waals surface area contributed by atoms with Crippen LogP contribution in [0, 0.1) is 6.92 Å². The summed E-state index contributed by atoms with van der Waals surface area (Å²) in [4.78, 5) is 0. The fourth-order valence-electron chi connectivity index (χ4n) is 0.992. The van der Waals surface area contributed by atoms with Gasteiger partial charge in [-0.3, -0.25) is 0 Å². The summed E-state index contributed by atoms with van der Waals surface area (Å²) < 4.78 is 0. The third-order valence-corrected chi connectivity index (χ3v) is 1.42. The molecule has 0 aliphatic carbocycles. The fourth-order valence-corrected chi connectivity index (χ4v) is 0.992. The lowest BCUT2D eigenvalue weighted by Crippen LogP contribution is -2.30. The van der Waals surface area contributed by atoms with Gasteiger partial charge in [-0.05, 0) is 30.1 Å². The fraction of sp³-hybridized carbons (Fsp3) is 0.143. The van der Waals surface area contributed by atoms with E-state index in [-0.39, 0.29) is 0 Å². The number of nitrogen functional groups attached to an aromatic ring is 1. The lowest BCUT2D eigenvalue weighted by atomic mass is 9.79. The maximum absolute atomic E-state index is 8.77. The van der Waals surface area contributed by atoms with Crippen molar-refractivity contribution in [3.8, 4) is 0 Å². The number of hydrogen-bond acceptors (Lipinski definition) is 3. The van der Waals surface area contributed by atoms with Gasteiger partial charge in [-0.25, -0.2) is 0 Å². The summed E-state index contributed by atoms with van der Waals surface area (Å²) in [5.74, 6) is 0. The van der Waals surface area contributed by atoms with Crippen LogP contribution in [0.4, 0.5) is 5.69 Å². The lowest BCUT2D eigenvalue weighted by molar-refractivity contribution is 0.426. The van der Waals surface area contributed by atoms with Gasteiger partial charge in [0.2, 0.25) is 0 Å². The monoisotopic (exact) mass is 151 g/mol. The Bertz CT molecular complexity index is 242. The Morgan fingerprint density at radius 1 is 1.27 bits per heavy atom. The van der Waals surface area contributed by atoms with Crippen molar-refractivity contribution < 1.29 is 10.0 Å². The summed E-state index contributed by atoms with van der Waals surface area (Å²) in [6.45, 7) is 1.85. The van der Waals surface area contributed by atoms with E-state index in [0.29, 0.717) is 11.2 Å². The minimum absolute atomic E-state index is 0.433. The van der Waals surface area contributed by atoms with Crippen LogP contribution in [0.5, 0.6) is 0 Å². The molecule has 0 saturated heterocycles. The summed E-state index contributed by atoms with van der Waals surface area (Å²) in [6, 6.07) is 4.99. The Morgan fingerprint density at radius 3 is 2.36 bits per heavy atom. The van der Waals surface area contributed by atoms with Crippen LogP contribution in [0.15, 0.2) is 18.2 Å². The van der Waals surface area contributed by atoms with Gasteiger partial charge in [0, 0.05) is 5.69 Å². The summed E-state index contributed by atoms with van der Waals surface area (Å²) in [7, 11) is -1.43. The van der Waals surface area contributed by atoms with Crippen molar-refractivity contribution in [2.75, 3.05) is 5.73 Å². The zero-order valence-electron chi connectivity index (χ0n) is 6.28. The van der Waals surface area contributed by atoms with E-state index in [4.69, 9.17) is 15.8 Å². The number of anilines is 1. The maximum atomic E-state index is 8.77. The molecule has 0 heterocycles. The molecule has 4 N–H and O–H groups in total. The van der Waals surface area contributed by atoms with Gasteiger partial charge in [-0.2, -0.15) is 0 Å². The third-order valence-electron chi connectivity index (χ3n) is 1.42. The zero-order valence-corrected chi connectivity index (χ0v) is 6.28. The molecule has 11 heavy (non-hydrogen) atoms. The summed E-state index contributed by atoms with van der Waals surface area (Å²) in [6.07, 6.45) is 0. The molecule has 0 bridgehead atoms. The predicted molar refractivity (Wildman–Crippen MR) is 45.4 cm³/mol. The Balaban J connectivity index is 3.08. The second-order valence-electron chi connectivity index (χ2n) is 2.55. The number of aryl methyl sites for hydroxylation is 1. The Kier molecular flexibility index (Phi) is 2.17. The van der Waals surface area contributed by atoms with Crippen LogP contribution in [-0.2, 0) is 0 Å². The van der Waals surface area contributed by atoms with Crippen LogP contribution in [0.25, 0.3) is 0 Å². The molecule has 0 saturated carbocycles. The molecular weight excluding hydrogens is 141 g/mol. The van der Waals surface area contributed by atoms with Gasteiger partial charge in [-0.15, -0.1) is 0 Å². The number of benzene rings is 1. The molecule has 0 amide bonds. The molecule has 4 heteroatoms. The van der Waals surface area contributed by atoms with Crippen LogP contribution in [0.3, 0.4) is 0 Å². The average Bonchev–Trinajstić information content (AvgIpc) is 1.85. The van der Waals surface area contributed by atoms with E-state index in [9.17, 15) is 0 Å². The SMILES string of the molecule is Cc1cc(N)cc(B(O)O)c1. The molecule has 0 radical (unpaired) electrons. The quantitative estimate of drug-likeness (QED) is 0.365. The molecule has 58 valence electrons. The molecule has 1 rings (SSSR count). The van der Waals surface area contributed by atoms with Crippen molar-refractivity contribution in [2.24, 2.45) is 0 Å². The van der Waals surface area contributed by atoms with Crippen LogP contribution < -0.4 is 11.2 Å². The van der Waals surface area contributed by atoms with E-state index < -0.39 is 7.12 Å². The standard InChI is InChI=1S/C7H10BNO2/c1-5-2-6(8(10)11)4-7(9)3-5/h2-4,10-11H,9H2,1H3. The highest BCUT2D eigenvalue weighted by atomic mass is 16.4. The van der Waals surface area contributed by atoms with Gasteiger partial charge in [0.1, 0.15) is 0 Å². The van der Waals surface area contributed by atoms with Gasteiger partial charge in [0.15, 0.2) is 0 Å². The molecule has 0 aliphatic heterocycles. The van der Waals surface area contributed by atoms with Crippen molar-refractivity contribution in [3.05, 3.63) is 23.8 Å². The van der Waals surface area contributed by atoms with Crippen molar-refractivity contribution in [1.29, 1.82) is 0 Å². The van der Waals surface area contributed by atoms with Gasteiger partial charge >= 0.3 is 7.12 Å². The summed E-state index contributed by atoms with van der Waals surface area (Å²) in [5, 5.41) is 17.5. The van der Waals surface area contributed by atoms with Gasteiger partial charge in [0.05, 0.1) is 0 Å². The first-order chi connectivity index (χ1) is 5.09. The van der Waals surface area contributed by atoms with Gasteiger partial charge < -0.3 is 15.8 Å². The first-order valence-corrected chi connectivity index (χ1v) is 3.33. The first-order valence-electron chi connectivity index (χ1n) is 3.33. The molecule has 0 aliphatic rings. The van der Waals surface area contributed by atoms with E-state index >= 15 is 0 Å². The molecule has 0 unspecified atom stereocenters. The molecule has 1 aromatic carbocycles. The lowest BCUT2D eigenvalue weighted by Gasteiger charge is -2.02. The van der Waals surface area contributed by atoms with Crippen LogP contribution in [-0.4, -0.2) is 17.2 Å². The largest absolute Gasteiger partial charge is 0.488 e. The van der Waals surface area contributed by atoms with E-state index in [1.165, 1.54) is 6.07 Å². The van der Waals surface area contributed by atoms with E-state index in [2.05, 4.69) is 0 Å². The van der Waals surface area contributed by atoms with Crippen molar-refractivity contribution in [2.45, 2.75) is 6.92 Å². The third kappa shape index (κ3) is 1.96. The second kappa shape index (κ2) is 2.94. The molecule has 0 atom stereocenters. The first kappa shape index (κ1) is 8.10. The molecule has 1 aromatic rings. The zero-order chi connectivity index (χ0) is 8.43. The highest BCUT2D eigenvalue weighted by Gasteiger charge is 2.10. The highest BCUT2D eigenvalue weighted by molar-refractivity contribution is 6.58. The molecule has 3 nitrogen and oxygen atoms in total. The van der Waals surface area contributed by atoms with Crippen molar-refractivity contribution >= 4 is 18.3 Å².